The zero-order valence-corrected chi connectivity index (χ0v) is 18.7. The average Bonchev–Trinajstić information content (AvgIpc) is 3.19. The summed E-state index contributed by atoms with van der Waals surface area (Å²) in [6.07, 6.45) is 3.21. The molecule has 0 radical (unpaired) electrons. The number of ether oxygens (including phenoxy) is 1. The fourth-order valence-corrected chi connectivity index (χ4v) is 2.90. The minimum atomic E-state index is -0.268. The van der Waals surface area contributed by atoms with Crippen molar-refractivity contribution in [3.8, 4) is 5.75 Å². The molecule has 164 valence electrons. The van der Waals surface area contributed by atoms with Crippen LogP contribution >= 0.6 is 0 Å². The second kappa shape index (κ2) is 11.3. The van der Waals surface area contributed by atoms with E-state index < -0.39 is 0 Å². The first-order chi connectivity index (χ1) is 14.3. The van der Waals surface area contributed by atoms with Crippen LogP contribution in [-0.2, 0) is 17.6 Å². The maximum atomic E-state index is 12.3. The summed E-state index contributed by atoms with van der Waals surface area (Å²) in [4.78, 5) is 18.8. The van der Waals surface area contributed by atoms with E-state index in [0.717, 1.165) is 17.9 Å². The molecule has 7 heteroatoms. The number of nitrogens with one attached hydrogen (secondary N) is 2. The number of likely N-dealkylation sites (N-methyl/N-ethyl adjacent to an activating group) is 1. The number of aliphatic imine (C=N–C) groups is 1. The van der Waals surface area contributed by atoms with E-state index in [-0.39, 0.29) is 18.0 Å². The van der Waals surface area contributed by atoms with Gasteiger partial charge in [-0.25, -0.2) is 0 Å². The zero-order chi connectivity index (χ0) is 22.0. The molecule has 1 aromatic carbocycles. The van der Waals surface area contributed by atoms with Crippen molar-refractivity contribution < 1.29 is 13.9 Å². The minimum Gasteiger partial charge on any atom is -0.497 e. The number of hydrogen-bond acceptors (Lipinski definition) is 4. The summed E-state index contributed by atoms with van der Waals surface area (Å²) in [6.45, 7) is 7.41. The lowest BCUT2D eigenvalue weighted by Gasteiger charge is -2.25. The number of rotatable bonds is 9. The molecular weight excluding hydrogens is 380 g/mol. The van der Waals surface area contributed by atoms with Gasteiger partial charge in [-0.1, -0.05) is 12.1 Å². The van der Waals surface area contributed by atoms with Gasteiger partial charge in [0.1, 0.15) is 11.5 Å². The van der Waals surface area contributed by atoms with Crippen LogP contribution in [-0.4, -0.2) is 56.1 Å². The lowest BCUT2D eigenvalue weighted by Crippen LogP contribution is -2.49. The number of nitrogens with zero attached hydrogens (tertiary/aromatic N) is 2. The van der Waals surface area contributed by atoms with Gasteiger partial charge in [-0.05, 0) is 57.0 Å². The van der Waals surface area contributed by atoms with Gasteiger partial charge in [-0.2, -0.15) is 0 Å². The molecule has 0 saturated carbocycles. The summed E-state index contributed by atoms with van der Waals surface area (Å²) in [5, 5.41) is 6.36. The van der Waals surface area contributed by atoms with Gasteiger partial charge in [0.25, 0.3) is 0 Å². The van der Waals surface area contributed by atoms with Crippen LogP contribution in [0.15, 0.2) is 52.1 Å². The Kier molecular flexibility index (Phi) is 8.77. The van der Waals surface area contributed by atoms with Crippen LogP contribution in [0.25, 0.3) is 0 Å². The summed E-state index contributed by atoms with van der Waals surface area (Å²) in [6, 6.07) is 11.8. The maximum absolute atomic E-state index is 12.3. The van der Waals surface area contributed by atoms with Gasteiger partial charge in [0.05, 0.1) is 19.9 Å². The van der Waals surface area contributed by atoms with Crippen LogP contribution in [0.5, 0.6) is 5.75 Å². The van der Waals surface area contributed by atoms with Crippen LogP contribution in [0.2, 0.25) is 0 Å². The third-order valence-electron chi connectivity index (χ3n) is 4.31. The Morgan fingerprint density at radius 2 is 1.90 bits per heavy atom. The molecular formula is C23H34N4O3. The van der Waals surface area contributed by atoms with E-state index in [9.17, 15) is 4.79 Å². The normalized spacial score (nSPS) is 11.8. The molecule has 2 rings (SSSR count). The molecule has 7 nitrogen and oxygen atoms in total. The van der Waals surface area contributed by atoms with Crippen molar-refractivity contribution in [1.29, 1.82) is 0 Å². The van der Waals surface area contributed by atoms with E-state index in [1.54, 1.807) is 13.4 Å². The predicted octanol–water partition coefficient (Wildman–Crippen LogP) is 2.87. The summed E-state index contributed by atoms with van der Waals surface area (Å²) in [5.41, 5.74) is 0.933. The predicted molar refractivity (Wildman–Crippen MR) is 120 cm³/mol. The van der Waals surface area contributed by atoms with E-state index in [0.29, 0.717) is 25.5 Å². The second-order valence-corrected chi connectivity index (χ2v) is 8.21. The van der Waals surface area contributed by atoms with E-state index >= 15 is 0 Å². The van der Waals surface area contributed by atoms with Crippen LogP contribution in [0.1, 0.15) is 32.1 Å². The first-order valence-electron chi connectivity index (χ1n) is 10.2. The lowest BCUT2D eigenvalue weighted by atomic mass is 10.1. The largest absolute Gasteiger partial charge is 0.497 e. The molecule has 1 amide bonds. The van der Waals surface area contributed by atoms with E-state index in [2.05, 4.69) is 27.8 Å². The number of furan rings is 1. The highest BCUT2D eigenvalue weighted by atomic mass is 16.5. The van der Waals surface area contributed by atoms with Crippen molar-refractivity contribution in [2.45, 2.75) is 39.2 Å². The molecule has 0 spiro atoms. The number of amides is 1. The summed E-state index contributed by atoms with van der Waals surface area (Å²) < 4.78 is 10.6. The molecule has 0 aliphatic carbocycles. The van der Waals surface area contributed by atoms with Gasteiger partial charge in [0.15, 0.2) is 5.96 Å². The Balaban J connectivity index is 1.95. The number of guanidine groups is 1. The van der Waals surface area contributed by atoms with Crippen molar-refractivity contribution in [2.75, 3.05) is 33.8 Å². The van der Waals surface area contributed by atoms with Gasteiger partial charge < -0.3 is 24.7 Å². The standard InChI is InChI=1S/C23H34N4O3/c1-23(2,3)26-21(28)17-27(4)22(25-15-13-20-7-6-16-30-20)24-14-12-18-8-10-19(29-5)11-9-18/h6-11,16H,12-15,17H2,1-5H3,(H,24,25)(H,26,28). The molecule has 1 aromatic heterocycles. The number of carbonyl (C=O) groups is 1. The summed E-state index contributed by atoms with van der Waals surface area (Å²) in [5.74, 6) is 2.39. The van der Waals surface area contributed by atoms with Crippen molar-refractivity contribution in [2.24, 2.45) is 4.99 Å². The Hall–Kier alpha value is -2.96. The van der Waals surface area contributed by atoms with Gasteiger partial charge in [-0.3, -0.25) is 9.79 Å². The highest BCUT2D eigenvalue weighted by molar-refractivity contribution is 5.86. The van der Waals surface area contributed by atoms with E-state index in [1.807, 2.05) is 57.0 Å². The molecule has 0 unspecified atom stereocenters. The number of carbonyl (C=O) groups excluding carboxylic acids is 1. The fraction of sp³-hybridized carbons (Fsp3) is 0.478. The first kappa shape index (κ1) is 23.3. The molecule has 2 aromatic rings. The highest BCUT2D eigenvalue weighted by Crippen LogP contribution is 2.11. The van der Waals surface area contributed by atoms with Gasteiger partial charge >= 0.3 is 0 Å². The fourth-order valence-electron chi connectivity index (χ4n) is 2.90. The average molecular weight is 415 g/mol. The van der Waals surface area contributed by atoms with Gasteiger partial charge in [-0.15, -0.1) is 0 Å². The third-order valence-corrected chi connectivity index (χ3v) is 4.31. The van der Waals surface area contributed by atoms with Crippen molar-refractivity contribution >= 4 is 11.9 Å². The number of hydrogen-bond donors (Lipinski definition) is 2. The molecule has 0 atom stereocenters. The van der Waals surface area contributed by atoms with Crippen LogP contribution in [0.4, 0.5) is 0 Å². The summed E-state index contributed by atoms with van der Waals surface area (Å²) >= 11 is 0. The molecule has 1 heterocycles. The lowest BCUT2D eigenvalue weighted by molar-refractivity contribution is -0.122. The monoisotopic (exact) mass is 414 g/mol. The zero-order valence-electron chi connectivity index (χ0n) is 18.7. The molecule has 0 saturated heterocycles. The van der Waals surface area contributed by atoms with Crippen LogP contribution < -0.4 is 15.4 Å². The quantitative estimate of drug-likeness (QED) is 0.487. The third kappa shape index (κ3) is 8.59. The first-order valence-corrected chi connectivity index (χ1v) is 10.2. The van der Waals surface area contributed by atoms with Crippen molar-refractivity contribution in [3.63, 3.8) is 0 Å². The molecule has 0 aliphatic rings. The van der Waals surface area contributed by atoms with E-state index in [1.165, 1.54) is 5.56 Å². The molecule has 0 bridgehead atoms. The second-order valence-electron chi connectivity index (χ2n) is 8.21. The van der Waals surface area contributed by atoms with E-state index in [4.69, 9.17) is 9.15 Å². The Morgan fingerprint density at radius 1 is 1.17 bits per heavy atom. The topological polar surface area (TPSA) is 79.1 Å². The molecule has 0 aliphatic heterocycles. The number of methoxy groups -OCH3 is 1. The molecule has 2 N–H and O–H groups in total. The molecule has 30 heavy (non-hydrogen) atoms. The Labute approximate surface area is 179 Å². The Morgan fingerprint density at radius 3 is 2.50 bits per heavy atom. The van der Waals surface area contributed by atoms with Gasteiger partial charge in [0.2, 0.25) is 5.91 Å². The van der Waals surface area contributed by atoms with Crippen LogP contribution in [0.3, 0.4) is 0 Å². The smallest absolute Gasteiger partial charge is 0.240 e. The highest BCUT2D eigenvalue weighted by Gasteiger charge is 2.17. The summed E-state index contributed by atoms with van der Waals surface area (Å²) in [7, 11) is 3.53. The van der Waals surface area contributed by atoms with Crippen molar-refractivity contribution in [3.05, 3.63) is 54.0 Å². The minimum absolute atomic E-state index is 0.0410. The van der Waals surface area contributed by atoms with Crippen LogP contribution in [0, 0.1) is 0 Å². The number of benzene rings is 1. The molecule has 0 fully saturated rings. The van der Waals surface area contributed by atoms with Gasteiger partial charge in [0, 0.05) is 32.1 Å². The SMILES string of the molecule is COc1ccc(CCNC(=NCCc2ccco2)N(C)CC(=O)NC(C)(C)C)cc1. The maximum Gasteiger partial charge on any atom is 0.240 e. The van der Waals surface area contributed by atoms with Crippen molar-refractivity contribution in [1.82, 2.24) is 15.5 Å². The Bertz CT molecular complexity index is 793.